The van der Waals surface area contributed by atoms with Gasteiger partial charge in [0.05, 0.1) is 5.69 Å². The molecule has 134 valence electrons. The van der Waals surface area contributed by atoms with Gasteiger partial charge in [0.2, 0.25) is 0 Å². The van der Waals surface area contributed by atoms with E-state index in [-0.39, 0.29) is 0 Å². The maximum Gasteiger partial charge on any atom is 0.149 e. The molecule has 0 aromatic carbocycles. The van der Waals surface area contributed by atoms with Gasteiger partial charge in [-0.15, -0.1) is 0 Å². The van der Waals surface area contributed by atoms with Crippen LogP contribution in [0.1, 0.15) is 39.0 Å². The van der Waals surface area contributed by atoms with Crippen molar-refractivity contribution >= 4 is 28.9 Å². The molecular weight excluding hydrogens is 343 g/mol. The zero-order valence-electron chi connectivity index (χ0n) is 14.4. The third kappa shape index (κ3) is 4.34. The van der Waals surface area contributed by atoms with Crippen LogP contribution >= 0.6 is 23.2 Å². The summed E-state index contributed by atoms with van der Waals surface area (Å²) in [5.41, 5.74) is 7.01. The number of anilines is 1. The lowest BCUT2D eigenvalue weighted by atomic mass is 9.84. The first kappa shape index (κ1) is 18.2. The lowest BCUT2D eigenvalue weighted by Crippen LogP contribution is -2.52. The highest BCUT2D eigenvalue weighted by molar-refractivity contribution is 6.42. The minimum Gasteiger partial charge on any atom is -0.365 e. The van der Waals surface area contributed by atoms with E-state index in [2.05, 4.69) is 21.7 Å². The number of hydrogen-bond donors (Lipinski definition) is 1. The monoisotopic (exact) mass is 370 g/mol. The van der Waals surface area contributed by atoms with Gasteiger partial charge in [0, 0.05) is 37.9 Å². The first-order chi connectivity index (χ1) is 11.5. The van der Waals surface area contributed by atoms with E-state index in [4.69, 9.17) is 28.9 Å². The lowest BCUT2D eigenvalue weighted by molar-refractivity contribution is 0.198. The van der Waals surface area contributed by atoms with E-state index in [9.17, 15) is 0 Å². The largest absolute Gasteiger partial charge is 0.365 e. The normalized spacial score (nSPS) is 29.0. The molecule has 1 aliphatic carbocycles. The fourth-order valence-electron chi connectivity index (χ4n) is 4.07. The minimum absolute atomic E-state index is 0.388. The van der Waals surface area contributed by atoms with Crippen LogP contribution in [-0.2, 0) is 0 Å². The van der Waals surface area contributed by atoms with Gasteiger partial charge in [-0.2, -0.15) is 0 Å². The maximum atomic E-state index is 6.34. The summed E-state index contributed by atoms with van der Waals surface area (Å²) in [5.74, 6) is 0.867. The van der Waals surface area contributed by atoms with Gasteiger partial charge in [-0.1, -0.05) is 23.2 Å². The van der Waals surface area contributed by atoms with Gasteiger partial charge in [-0.05, 0) is 57.6 Å². The third-order valence-electron chi connectivity index (χ3n) is 5.59. The summed E-state index contributed by atoms with van der Waals surface area (Å²) >= 11 is 12.4. The topological polar surface area (TPSA) is 45.4 Å². The van der Waals surface area contributed by atoms with Crippen LogP contribution < -0.4 is 10.6 Å². The van der Waals surface area contributed by atoms with Crippen LogP contribution in [0.3, 0.4) is 0 Å². The fraction of sp³-hybridized carbons (Fsp3) is 0.722. The number of halogens is 2. The predicted molar refractivity (Wildman–Crippen MR) is 102 cm³/mol. The molecule has 0 spiro atoms. The molecule has 1 saturated carbocycles. The van der Waals surface area contributed by atoms with Gasteiger partial charge < -0.3 is 10.6 Å². The zero-order valence-corrected chi connectivity index (χ0v) is 15.9. The number of hydrogen-bond acceptors (Lipinski definition) is 4. The van der Waals surface area contributed by atoms with Gasteiger partial charge in [0.25, 0.3) is 0 Å². The Bertz CT molecular complexity index is 546. The predicted octanol–water partition coefficient (Wildman–Crippen LogP) is 3.81. The number of nitrogens with zero attached hydrogens (tertiary/aromatic N) is 3. The summed E-state index contributed by atoms with van der Waals surface area (Å²) in [5, 5.41) is 0.956. The molecular formula is C18H28Cl2N4. The van der Waals surface area contributed by atoms with E-state index in [0.29, 0.717) is 22.3 Å². The second kappa shape index (κ2) is 8.22. The number of aromatic nitrogens is 1. The number of nitrogens with two attached hydrogens (primary N) is 1. The van der Waals surface area contributed by atoms with E-state index in [1.807, 2.05) is 6.07 Å². The highest BCUT2D eigenvalue weighted by Crippen LogP contribution is 2.33. The molecule has 1 aromatic heterocycles. The molecule has 1 saturated heterocycles. The van der Waals surface area contributed by atoms with Gasteiger partial charge >= 0.3 is 0 Å². The minimum atomic E-state index is 0.388. The van der Waals surface area contributed by atoms with Crippen molar-refractivity contribution in [3.05, 3.63) is 22.4 Å². The Balaban J connectivity index is 1.51. The van der Waals surface area contributed by atoms with E-state index < -0.39 is 0 Å². The molecule has 2 fully saturated rings. The van der Waals surface area contributed by atoms with Crippen molar-refractivity contribution in [1.82, 2.24) is 9.88 Å². The van der Waals surface area contributed by atoms with E-state index >= 15 is 0 Å². The summed E-state index contributed by atoms with van der Waals surface area (Å²) in [6, 6.07) is 2.84. The van der Waals surface area contributed by atoms with Gasteiger partial charge in [0.1, 0.15) is 10.2 Å². The molecule has 0 amide bonds. The van der Waals surface area contributed by atoms with Crippen molar-refractivity contribution in [2.24, 2.45) is 11.7 Å². The number of pyridine rings is 1. The summed E-state index contributed by atoms with van der Waals surface area (Å²) in [4.78, 5) is 8.99. The van der Waals surface area contributed by atoms with Crippen LogP contribution in [0.15, 0.2) is 12.3 Å². The van der Waals surface area contributed by atoms with Crippen molar-refractivity contribution in [2.75, 3.05) is 31.1 Å². The number of rotatable bonds is 4. The third-order valence-corrected chi connectivity index (χ3v) is 6.35. The van der Waals surface area contributed by atoms with E-state index in [1.54, 1.807) is 6.20 Å². The Labute approximate surface area is 155 Å². The Hall–Kier alpha value is -0.550. The fourth-order valence-corrected chi connectivity index (χ4v) is 4.44. The van der Waals surface area contributed by atoms with Crippen molar-refractivity contribution in [3.8, 4) is 0 Å². The van der Waals surface area contributed by atoms with Gasteiger partial charge in [0.15, 0.2) is 0 Å². The molecule has 6 heteroatoms. The van der Waals surface area contributed by atoms with Gasteiger partial charge in [-0.3, -0.25) is 4.90 Å². The Morgan fingerprint density at radius 3 is 2.67 bits per heavy atom. The summed E-state index contributed by atoms with van der Waals surface area (Å²) in [7, 11) is 0. The SMILES string of the molecule is C[C@@H]1CN(CC[C@H]2CC[C@H](N)CC2)CCN1c1ccnc(Cl)c1Cl. The standard InChI is InChI=1S/C18H28Cl2N4/c1-13-12-23(9-7-14-2-4-15(21)5-3-14)10-11-24(13)16-6-8-22-18(20)17(16)19/h6,8,13-15H,2-5,7,9-12,21H2,1H3/t13-,14-,15-/m1/s1. The average molecular weight is 371 g/mol. The van der Waals surface area contributed by atoms with Crippen molar-refractivity contribution < 1.29 is 0 Å². The van der Waals surface area contributed by atoms with Crippen molar-refractivity contribution in [2.45, 2.75) is 51.1 Å². The zero-order chi connectivity index (χ0) is 17.1. The second-order valence-corrected chi connectivity index (χ2v) is 8.08. The van der Waals surface area contributed by atoms with Crippen LogP contribution in [0.4, 0.5) is 5.69 Å². The second-order valence-electron chi connectivity index (χ2n) is 7.35. The Morgan fingerprint density at radius 2 is 1.96 bits per heavy atom. The first-order valence-electron chi connectivity index (χ1n) is 9.09. The van der Waals surface area contributed by atoms with Crippen molar-refractivity contribution in [3.63, 3.8) is 0 Å². The van der Waals surface area contributed by atoms with Crippen LogP contribution in [-0.4, -0.2) is 48.1 Å². The van der Waals surface area contributed by atoms with Crippen LogP contribution in [0.2, 0.25) is 10.2 Å². The van der Waals surface area contributed by atoms with E-state index in [1.165, 1.54) is 38.6 Å². The highest BCUT2D eigenvalue weighted by atomic mass is 35.5. The molecule has 1 aliphatic heterocycles. The smallest absolute Gasteiger partial charge is 0.149 e. The highest BCUT2D eigenvalue weighted by Gasteiger charge is 2.27. The van der Waals surface area contributed by atoms with Crippen molar-refractivity contribution in [1.29, 1.82) is 0 Å². The summed E-state index contributed by atoms with van der Waals surface area (Å²) in [6.45, 7) is 6.59. The molecule has 0 bridgehead atoms. The molecule has 3 rings (SSSR count). The van der Waals surface area contributed by atoms with Crippen LogP contribution in [0.5, 0.6) is 0 Å². The first-order valence-corrected chi connectivity index (χ1v) is 9.84. The molecule has 2 heterocycles. The van der Waals surface area contributed by atoms with Crippen LogP contribution in [0, 0.1) is 5.92 Å². The molecule has 2 N–H and O–H groups in total. The summed E-state index contributed by atoms with van der Waals surface area (Å²) < 4.78 is 0. The van der Waals surface area contributed by atoms with Crippen LogP contribution in [0.25, 0.3) is 0 Å². The van der Waals surface area contributed by atoms with Gasteiger partial charge in [-0.25, -0.2) is 4.98 Å². The summed E-state index contributed by atoms with van der Waals surface area (Å²) in [6.07, 6.45) is 8.06. The molecule has 0 unspecified atom stereocenters. The molecule has 4 nitrogen and oxygen atoms in total. The molecule has 24 heavy (non-hydrogen) atoms. The molecule has 1 aromatic rings. The average Bonchev–Trinajstić information content (AvgIpc) is 2.57. The Morgan fingerprint density at radius 1 is 1.21 bits per heavy atom. The number of piperazine rings is 1. The lowest BCUT2D eigenvalue weighted by Gasteiger charge is -2.42. The quantitative estimate of drug-likeness (QED) is 0.818. The molecule has 1 atom stereocenters. The van der Waals surface area contributed by atoms with E-state index in [0.717, 1.165) is 31.2 Å². The molecule has 2 aliphatic rings. The Kier molecular flexibility index (Phi) is 6.25. The molecule has 0 radical (unpaired) electrons. The maximum absolute atomic E-state index is 6.34.